The van der Waals surface area contributed by atoms with Crippen molar-refractivity contribution in [2.24, 2.45) is 0 Å². The van der Waals surface area contributed by atoms with Gasteiger partial charge in [0.05, 0.1) is 19.3 Å². The maximum Gasteiger partial charge on any atom is 0.341 e. The van der Waals surface area contributed by atoms with Gasteiger partial charge in [-0.2, -0.15) is 5.26 Å². The van der Waals surface area contributed by atoms with Crippen molar-refractivity contribution in [1.29, 1.82) is 5.26 Å². The number of nitriles is 1. The van der Waals surface area contributed by atoms with Crippen LogP contribution in [0.2, 0.25) is 0 Å². The van der Waals surface area contributed by atoms with E-state index in [0.29, 0.717) is 28.5 Å². The lowest BCUT2D eigenvalue weighted by Crippen LogP contribution is -2.16. The van der Waals surface area contributed by atoms with Gasteiger partial charge in [-0.1, -0.05) is 25.1 Å². The van der Waals surface area contributed by atoms with Crippen LogP contribution in [0.4, 0.5) is 5.00 Å². The maximum absolute atomic E-state index is 12.9. The van der Waals surface area contributed by atoms with Gasteiger partial charge in [0.25, 0.3) is 5.91 Å². The van der Waals surface area contributed by atoms with Gasteiger partial charge in [-0.15, -0.1) is 11.3 Å². The number of para-hydroxylation sites is 1. The van der Waals surface area contributed by atoms with Crippen LogP contribution in [0.3, 0.4) is 0 Å². The first-order valence-electron chi connectivity index (χ1n) is 9.96. The molecule has 6 nitrogen and oxygen atoms in total. The van der Waals surface area contributed by atoms with Crippen molar-refractivity contribution in [2.45, 2.75) is 39.0 Å². The first-order valence-corrected chi connectivity index (χ1v) is 10.8. The molecule has 1 aromatic carbocycles. The number of aryl methyl sites for hydroxylation is 1. The van der Waals surface area contributed by atoms with E-state index in [-0.39, 0.29) is 5.57 Å². The van der Waals surface area contributed by atoms with Gasteiger partial charge < -0.3 is 14.8 Å². The van der Waals surface area contributed by atoms with Crippen molar-refractivity contribution >= 4 is 34.3 Å². The summed E-state index contributed by atoms with van der Waals surface area (Å²) in [6.45, 7) is 2.55. The van der Waals surface area contributed by atoms with Gasteiger partial charge in [0.2, 0.25) is 0 Å². The van der Waals surface area contributed by atoms with Crippen molar-refractivity contribution < 1.29 is 19.1 Å². The molecule has 0 saturated carbocycles. The van der Waals surface area contributed by atoms with E-state index in [1.807, 2.05) is 25.1 Å². The van der Waals surface area contributed by atoms with Gasteiger partial charge in [0, 0.05) is 10.4 Å². The van der Waals surface area contributed by atoms with E-state index < -0.39 is 11.9 Å². The van der Waals surface area contributed by atoms with Crippen LogP contribution in [0.5, 0.6) is 5.75 Å². The number of ether oxygens (including phenoxy) is 2. The Bertz CT molecular complexity index is 1020. The highest BCUT2D eigenvalue weighted by Gasteiger charge is 2.27. The van der Waals surface area contributed by atoms with Crippen LogP contribution in [0.1, 0.15) is 52.5 Å². The quantitative estimate of drug-likeness (QED) is 0.394. The molecule has 1 aromatic heterocycles. The second kappa shape index (κ2) is 10.1. The topological polar surface area (TPSA) is 88.4 Å². The lowest BCUT2D eigenvalue weighted by atomic mass is 9.95. The molecular weight excluding hydrogens is 400 g/mol. The third-order valence-electron chi connectivity index (χ3n) is 4.83. The highest BCUT2D eigenvalue weighted by Crippen LogP contribution is 2.38. The van der Waals surface area contributed by atoms with E-state index in [4.69, 9.17) is 9.47 Å². The number of benzene rings is 1. The fourth-order valence-corrected chi connectivity index (χ4v) is 4.66. The molecule has 0 atom stereocenters. The number of amides is 1. The Kier molecular flexibility index (Phi) is 7.26. The monoisotopic (exact) mass is 424 g/mol. The third kappa shape index (κ3) is 4.71. The van der Waals surface area contributed by atoms with Crippen LogP contribution in [-0.4, -0.2) is 25.6 Å². The molecule has 1 aliphatic rings. The average Bonchev–Trinajstić information content (AvgIpc) is 3.13. The fourth-order valence-electron chi connectivity index (χ4n) is 3.39. The van der Waals surface area contributed by atoms with E-state index in [1.165, 1.54) is 24.5 Å². The highest BCUT2D eigenvalue weighted by atomic mass is 32.1. The fraction of sp³-hybridized carbons (Fsp3) is 0.348. The summed E-state index contributed by atoms with van der Waals surface area (Å²) >= 11 is 1.39. The normalized spacial score (nSPS) is 13.2. The number of anilines is 1. The number of hydrogen-bond acceptors (Lipinski definition) is 6. The van der Waals surface area contributed by atoms with E-state index in [9.17, 15) is 14.9 Å². The first kappa shape index (κ1) is 21.6. The molecular formula is C23H24N2O4S. The Balaban J connectivity index is 1.90. The molecule has 3 rings (SSSR count). The van der Waals surface area contributed by atoms with Gasteiger partial charge in [0.1, 0.15) is 22.4 Å². The van der Waals surface area contributed by atoms with Gasteiger partial charge in [-0.05, 0) is 49.8 Å². The van der Waals surface area contributed by atoms with Crippen molar-refractivity contribution in [3.05, 3.63) is 51.4 Å². The van der Waals surface area contributed by atoms with Crippen LogP contribution in [0, 0.1) is 11.3 Å². The molecule has 1 aliphatic carbocycles. The van der Waals surface area contributed by atoms with Crippen LogP contribution < -0.4 is 10.1 Å². The average molecular weight is 425 g/mol. The first-order chi connectivity index (χ1) is 14.6. The maximum atomic E-state index is 12.9. The second-order valence-corrected chi connectivity index (χ2v) is 8.02. The molecule has 0 spiro atoms. The summed E-state index contributed by atoms with van der Waals surface area (Å²) in [5.74, 6) is -0.418. The standard InChI is InChI=1S/C23H24N2O4S/c1-3-12-29-18-10-6-4-8-15(18)13-16(14-24)21(26)25-22-20(23(27)28-2)17-9-5-7-11-19(17)30-22/h4,6,8,10,13H,3,5,7,9,11-12H2,1-2H3,(H,25,26)/b16-13+. The molecule has 0 aliphatic heterocycles. The molecule has 156 valence electrons. The second-order valence-electron chi connectivity index (χ2n) is 6.92. The Labute approximate surface area is 180 Å². The minimum Gasteiger partial charge on any atom is -0.493 e. The summed E-state index contributed by atoms with van der Waals surface area (Å²) in [7, 11) is 1.33. The number of nitrogens with one attached hydrogen (secondary N) is 1. The number of thiophene rings is 1. The van der Waals surface area contributed by atoms with Crippen molar-refractivity contribution in [1.82, 2.24) is 0 Å². The van der Waals surface area contributed by atoms with Gasteiger partial charge in [-0.25, -0.2) is 4.79 Å². The number of fused-ring (bicyclic) bond motifs is 1. The number of hydrogen-bond donors (Lipinski definition) is 1. The van der Waals surface area contributed by atoms with Gasteiger partial charge >= 0.3 is 5.97 Å². The van der Waals surface area contributed by atoms with Crippen LogP contribution in [0.15, 0.2) is 29.8 Å². The molecule has 2 aromatic rings. The molecule has 0 bridgehead atoms. The largest absolute Gasteiger partial charge is 0.493 e. The van der Waals surface area contributed by atoms with Gasteiger partial charge in [-0.3, -0.25) is 4.79 Å². The zero-order valence-corrected chi connectivity index (χ0v) is 17.9. The minimum absolute atomic E-state index is 0.0651. The van der Waals surface area contributed by atoms with Crippen molar-refractivity contribution in [3.8, 4) is 11.8 Å². The van der Waals surface area contributed by atoms with Crippen LogP contribution in [0.25, 0.3) is 6.08 Å². The summed E-state index contributed by atoms with van der Waals surface area (Å²) in [6, 6.07) is 9.21. The highest BCUT2D eigenvalue weighted by molar-refractivity contribution is 7.17. The molecule has 1 amide bonds. The van der Waals surface area contributed by atoms with E-state index in [0.717, 1.165) is 42.5 Å². The number of nitrogens with zero attached hydrogens (tertiary/aromatic N) is 1. The predicted molar refractivity (Wildman–Crippen MR) is 117 cm³/mol. The third-order valence-corrected chi connectivity index (χ3v) is 6.04. The SMILES string of the molecule is CCCOc1ccccc1/C=C(\C#N)C(=O)Nc1sc2c(c1C(=O)OC)CCCC2. The lowest BCUT2D eigenvalue weighted by molar-refractivity contribution is -0.112. The Morgan fingerprint density at radius 3 is 2.77 bits per heavy atom. The number of methoxy groups -OCH3 is 1. The molecule has 0 saturated heterocycles. The lowest BCUT2D eigenvalue weighted by Gasteiger charge is -2.11. The Hall–Kier alpha value is -3.11. The molecule has 0 radical (unpaired) electrons. The minimum atomic E-state index is -0.563. The number of esters is 1. The molecule has 0 fully saturated rings. The summed E-state index contributed by atoms with van der Waals surface area (Å²) in [4.78, 5) is 26.3. The zero-order valence-electron chi connectivity index (χ0n) is 17.1. The smallest absolute Gasteiger partial charge is 0.341 e. The van der Waals surface area contributed by atoms with Crippen LogP contribution >= 0.6 is 11.3 Å². The number of carbonyl (C=O) groups excluding carboxylic acids is 2. The molecule has 7 heteroatoms. The molecule has 1 N–H and O–H groups in total. The zero-order chi connectivity index (χ0) is 21.5. The van der Waals surface area contributed by atoms with Gasteiger partial charge in [0.15, 0.2) is 0 Å². The van der Waals surface area contributed by atoms with Crippen LogP contribution in [-0.2, 0) is 22.4 Å². The van der Waals surface area contributed by atoms with E-state index in [1.54, 1.807) is 12.1 Å². The molecule has 1 heterocycles. The van der Waals surface area contributed by atoms with E-state index >= 15 is 0 Å². The predicted octanol–water partition coefficient (Wildman–Crippen LogP) is 4.75. The van der Waals surface area contributed by atoms with Crippen molar-refractivity contribution in [3.63, 3.8) is 0 Å². The number of rotatable bonds is 7. The summed E-state index contributed by atoms with van der Waals surface area (Å²) in [5.41, 5.74) is 1.95. The summed E-state index contributed by atoms with van der Waals surface area (Å²) < 4.78 is 10.6. The number of carbonyl (C=O) groups is 2. The molecule has 0 unspecified atom stereocenters. The molecule has 30 heavy (non-hydrogen) atoms. The van der Waals surface area contributed by atoms with Crippen molar-refractivity contribution in [2.75, 3.05) is 19.0 Å². The Morgan fingerprint density at radius 1 is 1.27 bits per heavy atom. The van der Waals surface area contributed by atoms with E-state index in [2.05, 4.69) is 5.32 Å². The summed E-state index contributed by atoms with van der Waals surface area (Å²) in [5, 5.41) is 12.8. The Morgan fingerprint density at radius 2 is 2.03 bits per heavy atom. The summed E-state index contributed by atoms with van der Waals surface area (Å²) in [6.07, 6.45) is 6.07.